The molecule has 0 amide bonds. The van der Waals surface area contributed by atoms with Gasteiger partial charge in [-0.3, -0.25) is 16.3 Å². The van der Waals surface area contributed by atoms with Gasteiger partial charge in [-0.1, -0.05) is 18.2 Å². The molecule has 1 aromatic heterocycles. The van der Waals surface area contributed by atoms with Crippen LogP contribution in [0.15, 0.2) is 36.5 Å². The molecule has 0 aliphatic heterocycles. The standard InChI is InChI=1S/C15H18FN3O/c1-10-6-7-12(9-18-10)13(19-17)8-11-4-3-5-14(20-2)15(11)16/h3-7,9,13,19H,8,17H2,1-2H3. The number of methoxy groups -OCH3 is 1. The highest BCUT2D eigenvalue weighted by atomic mass is 19.1. The number of aryl methyl sites for hydroxylation is 1. The lowest BCUT2D eigenvalue weighted by atomic mass is 10.00. The molecular formula is C15H18FN3O. The van der Waals surface area contributed by atoms with E-state index in [1.807, 2.05) is 19.1 Å². The average molecular weight is 275 g/mol. The zero-order valence-electron chi connectivity index (χ0n) is 11.6. The lowest BCUT2D eigenvalue weighted by Gasteiger charge is -2.17. The third kappa shape index (κ3) is 3.12. The SMILES string of the molecule is COc1cccc(CC(NN)c2ccc(C)nc2)c1F. The smallest absolute Gasteiger partial charge is 0.168 e. The van der Waals surface area contributed by atoms with Crippen LogP contribution in [0.3, 0.4) is 0 Å². The van der Waals surface area contributed by atoms with E-state index in [4.69, 9.17) is 10.6 Å². The fraction of sp³-hybridized carbons (Fsp3) is 0.267. The van der Waals surface area contributed by atoms with E-state index in [2.05, 4.69) is 10.4 Å². The Bertz CT molecular complexity index is 572. The molecule has 0 bridgehead atoms. The van der Waals surface area contributed by atoms with Crippen molar-refractivity contribution in [2.45, 2.75) is 19.4 Å². The summed E-state index contributed by atoms with van der Waals surface area (Å²) in [5.41, 5.74) is 5.10. The normalized spacial score (nSPS) is 12.2. The summed E-state index contributed by atoms with van der Waals surface area (Å²) in [5, 5.41) is 0. The van der Waals surface area contributed by atoms with Crippen molar-refractivity contribution in [2.75, 3.05) is 7.11 Å². The molecule has 1 atom stereocenters. The number of nitrogens with one attached hydrogen (secondary N) is 1. The second-order valence-corrected chi connectivity index (χ2v) is 4.59. The molecular weight excluding hydrogens is 257 g/mol. The van der Waals surface area contributed by atoms with Crippen molar-refractivity contribution in [1.82, 2.24) is 10.4 Å². The molecule has 0 aliphatic carbocycles. The Morgan fingerprint density at radius 3 is 2.75 bits per heavy atom. The van der Waals surface area contributed by atoms with Gasteiger partial charge in [-0.25, -0.2) is 4.39 Å². The highest BCUT2D eigenvalue weighted by Crippen LogP contribution is 2.24. The van der Waals surface area contributed by atoms with Gasteiger partial charge in [0.05, 0.1) is 13.2 Å². The number of halogens is 1. The van der Waals surface area contributed by atoms with Crippen molar-refractivity contribution in [3.05, 3.63) is 59.2 Å². The second-order valence-electron chi connectivity index (χ2n) is 4.59. The maximum Gasteiger partial charge on any atom is 0.168 e. The monoisotopic (exact) mass is 275 g/mol. The largest absolute Gasteiger partial charge is 0.494 e. The molecule has 5 heteroatoms. The van der Waals surface area contributed by atoms with Gasteiger partial charge >= 0.3 is 0 Å². The number of pyridine rings is 1. The molecule has 4 nitrogen and oxygen atoms in total. The van der Waals surface area contributed by atoms with E-state index in [0.29, 0.717) is 12.0 Å². The van der Waals surface area contributed by atoms with Gasteiger partial charge in [0.2, 0.25) is 0 Å². The minimum Gasteiger partial charge on any atom is -0.494 e. The summed E-state index contributed by atoms with van der Waals surface area (Å²) < 4.78 is 19.1. The van der Waals surface area contributed by atoms with Crippen molar-refractivity contribution in [3.8, 4) is 5.75 Å². The fourth-order valence-corrected chi connectivity index (χ4v) is 2.05. The first-order valence-corrected chi connectivity index (χ1v) is 6.35. The van der Waals surface area contributed by atoms with Crippen molar-refractivity contribution < 1.29 is 9.13 Å². The highest BCUT2D eigenvalue weighted by Gasteiger charge is 2.15. The van der Waals surface area contributed by atoms with Crippen LogP contribution in [0, 0.1) is 12.7 Å². The number of hydrazine groups is 1. The van der Waals surface area contributed by atoms with Crippen molar-refractivity contribution >= 4 is 0 Å². The van der Waals surface area contributed by atoms with Crippen LogP contribution >= 0.6 is 0 Å². The number of hydrogen-bond donors (Lipinski definition) is 2. The van der Waals surface area contributed by atoms with E-state index in [-0.39, 0.29) is 17.6 Å². The van der Waals surface area contributed by atoms with Crippen molar-refractivity contribution in [1.29, 1.82) is 0 Å². The molecule has 0 radical (unpaired) electrons. The van der Waals surface area contributed by atoms with Gasteiger partial charge in [-0.15, -0.1) is 0 Å². The molecule has 20 heavy (non-hydrogen) atoms. The third-order valence-corrected chi connectivity index (χ3v) is 3.23. The number of hydrogen-bond acceptors (Lipinski definition) is 4. The maximum atomic E-state index is 14.1. The third-order valence-electron chi connectivity index (χ3n) is 3.23. The van der Waals surface area contributed by atoms with Crippen LogP contribution < -0.4 is 16.0 Å². The van der Waals surface area contributed by atoms with E-state index >= 15 is 0 Å². The Hall–Kier alpha value is -1.98. The van der Waals surface area contributed by atoms with Crippen LogP contribution in [0.1, 0.15) is 22.9 Å². The molecule has 1 heterocycles. The van der Waals surface area contributed by atoms with Crippen LogP contribution in [-0.2, 0) is 6.42 Å². The van der Waals surface area contributed by atoms with Gasteiger partial charge in [-0.2, -0.15) is 0 Å². The first kappa shape index (κ1) is 14.4. The van der Waals surface area contributed by atoms with Crippen LogP contribution in [0.5, 0.6) is 5.75 Å². The van der Waals surface area contributed by atoms with Crippen LogP contribution in [0.2, 0.25) is 0 Å². The first-order valence-electron chi connectivity index (χ1n) is 6.35. The molecule has 0 aliphatic rings. The highest BCUT2D eigenvalue weighted by molar-refractivity contribution is 5.32. The molecule has 2 aromatic rings. The minimum absolute atomic E-state index is 0.204. The van der Waals surface area contributed by atoms with Crippen molar-refractivity contribution in [2.24, 2.45) is 5.84 Å². The molecule has 2 rings (SSSR count). The van der Waals surface area contributed by atoms with E-state index in [1.165, 1.54) is 7.11 Å². The van der Waals surface area contributed by atoms with Gasteiger partial charge in [0.1, 0.15) is 0 Å². The average Bonchev–Trinajstić information content (AvgIpc) is 2.47. The lowest BCUT2D eigenvalue weighted by molar-refractivity contribution is 0.382. The molecule has 1 aromatic carbocycles. The molecule has 0 spiro atoms. The summed E-state index contributed by atoms with van der Waals surface area (Å²) in [6.45, 7) is 1.91. The van der Waals surface area contributed by atoms with Gasteiger partial charge < -0.3 is 4.74 Å². The molecule has 3 N–H and O–H groups in total. The number of aromatic nitrogens is 1. The first-order chi connectivity index (χ1) is 9.65. The van der Waals surface area contributed by atoms with E-state index < -0.39 is 0 Å². The Kier molecular flexibility index (Phi) is 4.65. The summed E-state index contributed by atoms with van der Waals surface area (Å²) in [4.78, 5) is 4.23. The maximum absolute atomic E-state index is 14.1. The quantitative estimate of drug-likeness (QED) is 0.649. The molecule has 0 fully saturated rings. The fourth-order valence-electron chi connectivity index (χ4n) is 2.05. The number of nitrogens with zero attached hydrogens (tertiary/aromatic N) is 1. The zero-order chi connectivity index (χ0) is 14.5. The van der Waals surface area contributed by atoms with Gasteiger partial charge in [0.15, 0.2) is 11.6 Å². The van der Waals surface area contributed by atoms with Crippen LogP contribution in [-0.4, -0.2) is 12.1 Å². The van der Waals surface area contributed by atoms with Gasteiger partial charge in [0, 0.05) is 11.9 Å². The minimum atomic E-state index is -0.352. The number of rotatable bonds is 5. The number of ether oxygens (including phenoxy) is 1. The topological polar surface area (TPSA) is 60.2 Å². The van der Waals surface area contributed by atoms with E-state index in [0.717, 1.165) is 11.3 Å². The molecule has 0 saturated heterocycles. The Morgan fingerprint density at radius 2 is 2.15 bits per heavy atom. The second kappa shape index (κ2) is 6.45. The molecule has 1 unspecified atom stereocenters. The summed E-state index contributed by atoms with van der Waals surface area (Å²) in [7, 11) is 1.45. The summed E-state index contributed by atoms with van der Waals surface area (Å²) in [6, 6.07) is 8.72. The van der Waals surface area contributed by atoms with E-state index in [9.17, 15) is 4.39 Å². The number of benzene rings is 1. The van der Waals surface area contributed by atoms with Gasteiger partial charge in [0.25, 0.3) is 0 Å². The Balaban J connectivity index is 2.24. The lowest BCUT2D eigenvalue weighted by Crippen LogP contribution is -2.30. The molecule has 0 saturated carbocycles. The van der Waals surface area contributed by atoms with Crippen molar-refractivity contribution in [3.63, 3.8) is 0 Å². The Labute approximate surface area is 117 Å². The number of nitrogens with two attached hydrogens (primary N) is 1. The molecule has 106 valence electrons. The summed E-state index contributed by atoms with van der Waals surface area (Å²) in [6.07, 6.45) is 2.17. The zero-order valence-corrected chi connectivity index (χ0v) is 11.6. The summed E-state index contributed by atoms with van der Waals surface area (Å²) in [5.74, 6) is 5.46. The van der Waals surface area contributed by atoms with E-state index in [1.54, 1.807) is 24.4 Å². The van der Waals surface area contributed by atoms with Crippen LogP contribution in [0.4, 0.5) is 4.39 Å². The van der Waals surface area contributed by atoms with Crippen LogP contribution in [0.25, 0.3) is 0 Å². The Morgan fingerprint density at radius 1 is 1.35 bits per heavy atom. The summed E-state index contributed by atoms with van der Waals surface area (Å²) >= 11 is 0. The van der Waals surface area contributed by atoms with Gasteiger partial charge in [-0.05, 0) is 36.6 Å². The predicted molar refractivity (Wildman–Crippen MR) is 75.7 cm³/mol. The predicted octanol–water partition coefficient (Wildman–Crippen LogP) is 2.28.